The second-order valence-corrected chi connectivity index (χ2v) is 6.73. The molecule has 21 heavy (non-hydrogen) atoms. The van der Waals surface area contributed by atoms with E-state index in [4.69, 9.17) is 0 Å². The summed E-state index contributed by atoms with van der Waals surface area (Å²) in [6, 6.07) is 6.28. The Hall–Kier alpha value is -1.61. The monoisotopic (exact) mass is 285 g/mol. The lowest BCUT2D eigenvalue weighted by molar-refractivity contribution is -0.900. The third-order valence-corrected chi connectivity index (χ3v) is 4.70. The fraction of sp³-hybridized carbons (Fsp3) is 0.500. The highest BCUT2D eigenvalue weighted by Gasteiger charge is 2.25. The van der Waals surface area contributed by atoms with Gasteiger partial charge in [0.15, 0.2) is 0 Å². The number of likely N-dealkylation sites (tertiary alicyclic amines) is 1. The van der Waals surface area contributed by atoms with Gasteiger partial charge in [0.2, 0.25) is 5.78 Å². The number of Topliss-reactive ketones (excluding diaryl/α,β-unsaturated/α-hetero) is 1. The van der Waals surface area contributed by atoms with Gasteiger partial charge in [-0.15, -0.1) is 0 Å². The first-order valence-electron chi connectivity index (χ1n) is 8.00. The first-order valence-corrected chi connectivity index (χ1v) is 8.00. The molecule has 2 heterocycles. The van der Waals surface area contributed by atoms with Gasteiger partial charge in [-0.25, -0.2) is 0 Å². The Morgan fingerprint density at radius 3 is 2.95 bits per heavy atom. The number of ketones is 1. The minimum absolute atomic E-state index is 0.284. The Bertz CT molecular complexity index is 671. The van der Waals surface area contributed by atoms with Gasteiger partial charge < -0.3 is 9.88 Å². The maximum absolute atomic E-state index is 12.8. The van der Waals surface area contributed by atoms with Crippen molar-refractivity contribution in [3.63, 3.8) is 0 Å². The SMILES string of the molecule is Cc1ccc2c(C(=O)C[NH+]3CCC[C@@H](C)C3)c(C)[nH]c2c1. The third kappa shape index (κ3) is 2.88. The first kappa shape index (κ1) is 14.3. The van der Waals surface area contributed by atoms with E-state index in [0.29, 0.717) is 6.54 Å². The smallest absolute Gasteiger partial charge is 0.219 e. The summed E-state index contributed by atoms with van der Waals surface area (Å²) in [4.78, 5) is 17.6. The molecule has 0 spiro atoms. The van der Waals surface area contributed by atoms with Gasteiger partial charge in [-0.2, -0.15) is 0 Å². The molecular weight excluding hydrogens is 260 g/mol. The molecule has 0 radical (unpaired) electrons. The molecule has 0 saturated carbocycles. The van der Waals surface area contributed by atoms with Crippen LogP contribution in [0.5, 0.6) is 0 Å². The van der Waals surface area contributed by atoms with E-state index in [2.05, 4.69) is 37.0 Å². The zero-order chi connectivity index (χ0) is 15.0. The van der Waals surface area contributed by atoms with Gasteiger partial charge in [-0.3, -0.25) is 4.79 Å². The van der Waals surface area contributed by atoms with Crippen molar-refractivity contribution in [2.45, 2.75) is 33.6 Å². The van der Waals surface area contributed by atoms with Gasteiger partial charge in [0.1, 0.15) is 6.54 Å². The molecule has 1 unspecified atom stereocenters. The fourth-order valence-electron chi connectivity index (χ4n) is 3.68. The van der Waals surface area contributed by atoms with Crippen molar-refractivity contribution in [1.82, 2.24) is 4.98 Å². The minimum Gasteiger partial charge on any atom is -0.358 e. The second kappa shape index (κ2) is 5.64. The summed E-state index contributed by atoms with van der Waals surface area (Å²) in [6.07, 6.45) is 2.55. The number of carbonyl (C=O) groups excluding carboxylic acids is 1. The minimum atomic E-state index is 0.284. The van der Waals surface area contributed by atoms with E-state index >= 15 is 0 Å². The fourth-order valence-corrected chi connectivity index (χ4v) is 3.68. The molecule has 1 aromatic carbocycles. The van der Waals surface area contributed by atoms with Gasteiger partial charge >= 0.3 is 0 Å². The molecule has 2 atom stereocenters. The van der Waals surface area contributed by atoms with E-state index < -0.39 is 0 Å². The maximum Gasteiger partial charge on any atom is 0.219 e. The number of aryl methyl sites for hydroxylation is 2. The number of H-pyrrole nitrogens is 1. The van der Waals surface area contributed by atoms with E-state index in [9.17, 15) is 4.79 Å². The highest BCUT2D eigenvalue weighted by atomic mass is 16.1. The molecule has 1 aromatic heterocycles. The number of fused-ring (bicyclic) bond motifs is 1. The van der Waals surface area contributed by atoms with Crippen molar-refractivity contribution in [1.29, 1.82) is 0 Å². The number of aromatic amines is 1. The molecule has 0 bridgehead atoms. The number of quaternary nitrogens is 1. The zero-order valence-corrected chi connectivity index (χ0v) is 13.3. The number of rotatable bonds is 3. The van der Waals surface area contributed by atoms with Crippen molar-refractivity contribution in [2.75, 3.05) is 19.6 Å². The van der Waals surface area contributed by atoms with Crippen LogP contribution < -0.4 is 4.90 Å². The molecule has 1 saturated heterocycles. The van der Waals surface area contributed by atoms with Gasteiger partial charge in [-0.1, -0.05) is 19.1 Å². The topological polar surface area (TPSA) is 37.3 Å². The predicted octanol–water partition coefficient (Wildman–Crippen LogP) is 2.28. The molecule has 2 aromatic rings. The van der Waals surface area contributed by atoms with Crippen molar-refractivity contribution in [3.05, 3.63) is 35.0 Å². The van der Waals surface area contributed by atoms with Crippen LogP contribution in [0.25, 0.3) is 10.9 Å². The molecule has 0 amide bonds. The Balaban J connectivity index is 1.86. The number of piperidine rings is 1. The summed E-state index contributed by atoms with van der Waals surface area (Å²) in [6.45, 7) is 9.28. The second-order valence-electron chi connectivity index (χ2n) is 6.73. The van der Waals surface area contributed by atoms with Gasteiger partial charge in [-0.05, 0) is 38.3 Å². The molecule has 1 aliphatic rings. The largest absolute Gasteiger partial charge is 0.358 e. The van der Waals surface area contributed by atoms with Crippen molar-refractivity contribution in [3.8, 4) is 0 Å². The molecule has 3 rings (SSSR count). The van der Waals surface area contributed by atoms with E-state index in [1.807, 2.05) is 6.92 Å². The normalized spacial score (nSPS) is 22.6. The van der Waals surface area contributed by atoms with Crippen LogP contribution in [0.3, 0.4) is 0 Å². The summed E-state index contributed by atoms with van der Waals surface area (Å²) in [5.74, 6) is 1.03. The van der Waals surface area contributed by atoms with Gasteiger partial charge in [0.25, 0.3) is 0 Å². The molecule has 1 aliphatic heterocycles. The lowest BCUT2D eigenvalue weighted by Crippen LogP contribution is -3.14. The highest BCUT2D eigenvalue weighted by molar-refractivity contribution is 6.09. The maximum atomic E-state index is 12.8. The van der Waals surface area contributed by atoms with Crippen molar-refractivity contribution < 1.29 is 9.69 Å². The molecule has 0 aliphatic carbocycles. The van der Waals surface area contributed by atoms with Crippen molar-refractivity contribution in [2.24, 2.45) is 5.92 Å². The third-order valence-electron chi connectivity index (χ3n) is 4.70. The van der Waals surface area contributed by atoms with Crippen LogP contribution in [0.15, 0.2) is 18.2 Å². The average molecular weight is 285 g/mol. The summed E-state index contributed by atoms with van der Waals surface area (Å²) < 4.78 is 0. The Kier molecular flexibility index (Phi) is 3.85. The summed E-state index contributed by atoms with van der Waals surface area (Å²) in [5, 5.41) is 1.08. The lowest BCUT2D eigenvalue weighted by atomic mass is 9.99. The standard InChI is InChI=1S/C18H24N2O/c1-12-6-7-15-16(9-12)19-14(3)18(15)17(21)11-20-8-4-5-13(2)10-20/h6-7,9,13,19H,4-5,8,10-11H2,1-3H3/p+1/t13-/m1/s1. The van der Waals surface area contributed by atoms with E-state index in [0.717, 1.165) is 41.2 Å². The number of benzene rings is 1. The van der Waals surface area contributed by atoms with Crippen LogP contribution in [0.1, 0.15) is 41.4 Å². The van der Waals surface area contributed by atoms with E-state index in [1.54, 1.807) is 0 Å². The van der Waals surface area contributed by atoms with Crippen molar-refractivity contribution >= 4 is 16.7 Å². The van der Waals surface area contributed by atoms with Gasteiger partial charge in [0, 0.05) is 22.5 Å². The molecule has 1 fully saturated rings. The van der Waals surface area contributed by atoms with Crippen LogP contribution in [0.2, 0.25) is 0 Å². The quantitative estimate of drug-likeness (QED) is 0.834. The molecule has 3 heteroatoms. The Morgan fingerprint density at radius 2 is 2.19 bits per heavy atom. The number of hydrogen-bond acceptors (Lipinski definition) is 1. The van der Waals surface area contributed by atoms with Crippen LogP contribution in [0, 0.1) is 19.8 Å². The Labute approximate surface area is 126 Å². The summed E-state index contributed by atoms with van der Waals surface area (Å²) >= 11 is 0. The van der Waals surface area contributed by atoms with E-state index in [-0.39, 0.29) is 5.78 Å². The Morgan fingerprint density at radius 1 is 1.38 bits per heavy atom. The summed E-state index contributed by atoms with van der Waals surface area (Å²) in [7, 11) is 0. The number of aromatic nitrogens is 1. The zero-order valence-electron chi connectivity index (χ0n) is 13.3. The molecule has 112 valence electrons. The number of nitrogens with one attached hydrogen (secondary N) is 2. The van der Waals surface area contributed by atoms with Gasteiger partial charge in [0.05, 0.1) is 18.7 Å². The van der Waals surface area contributed by atoms with Crippen LogP contribution in [0.4, 0.5) is 0 Å². The van der Waals surface area contributed by atoms with Crippen LogP contribution in [-0.2, 0) is 0 Å². The van der Waals surface area contributed by atoms with Crippen LogP contribution in [-0.4, -0.2) is 30.4 Å². The lowest BCUT2D eigenvalue weighted by Gasteiger charge is -2.27. The van der Waals surface area contributed by atoms with Crippen LogP contribution >= 0.6 is 0 Å². The summed E-state index contributed by atoms with van der Waals surface area (Å²) in [5.41, 5.74) is 4.21. The molecular formula is C18H25N2O+. The highest BCUT2D eigenvalue weighted by Crippen LogP contribution is 2.23. The number of hydrogen-bond donors (Lipinski definition) is 2. The first-order chi connectivity index (χ1) is 10.0. The van der Waals surface area contributed by atoms with E-state index in [1.165, 1.54) is 23.3 Å². The molecule has 3 nitrogen and oxygen atoms in total. The average Bonchev–Trinajstić information content (AvgIpc) is 2.73. The molecule has 2 N–H and O–H groups in total. The number of carbonyl (C=O) groups is 1. The predicted molar refractivity (Wildman–Crippen MR) is 86.1 cm³/mol.